The molecule has 3 rings (SSSR count). The Kier molecular flexibility index (Phi) is 16.9. The molecule has 9 heteroatoms. The van der Waals surface area contributed by atoms with Gasteiger partial charge in [0.2, 0.25) is 11.7 Å². The highest BCUT2D eigenvalue weighted by Crippen LogP contribution is 2.26. The minimum atomic E-state index is -2.94. The van der Waals surface area contributed by atoms with Gasteiger partial charge in [-0.1, -0.05) is 149 Å². The Labute approximate surface area is 283 Å². The smallest absolute Gasteiger partial charge is 0.351 e. The van der Waals surface area contributed by atoms with Crippen molar-refractivity contribution in [3.8, 4) is 0 Å². The number of aliphatic hydroxyl groups is 1. The lowest BCUT2D eigenvalue weighted by atomic mass is 9.92. The van der Waals surface area contributed by atoms with Crippen LogP contribution in [-0.4, -0.2) is 40.7 Å². The van der Waals surface area contributed by atoms with E-state index in [1.54, 1.807) is 84.9 Å². The fraction of sp³-hybridized carbons (Fsp3) is 0.436. The molecule has 0 aliphatic carbocycles. The van der Waals surface area contributed by atoms with Gasteiger partial charge in [0, 0.05) is 6.42 Å². The third kappa shape index (κ3) is 13.7. The Balaban J connectivity index is 1.76. The van der Waals surface area contributed by atoms with Crippen LogP contribution >= 0.6 is 0 Å². The number of hydrogen-bond donors (Lipinski definition) is 1. The maximum atomic E-state index is 13.6. The van der Waals surface area contributed by atoms with E-state index >= 15 is 0 Å². The standard InChI is InChI=1S/C39H48O9/c1-2-3-4-5-6-7-8-9-19-26-34(40)48-36(37(42)46-29-32-22-15-11-16-23-32)39(44,38(43)47-30-33-24-17-12-18-25-33)27-35(41)45-28-31-20-13-10-14-21-31/h10-18,20-25,36,44H,2-9,19,26-30H2,1H3. The molecule has 0 aliphatic rings. The molecule has 1 N–H and O–H groups in total. The first kappa shape index (κ1) is 38.0. The van der Waals surface area contributed by atoms with Crippen LogP contribution in [-0.2, 0) is 57.9 Å². The molecule has 0 fully saturated rings. The summed E-state index contributed by atoms with van der Waals surface area (Å²) >= 11 is 0. The molecule has 2 atom stereocenters. The van der Waals surface area contributed by atoms with E-state index in [9.17, 15) is 24.3 Å². The molecule has 9 nitrogen and oxygen atoms in total. The summed E-state index contributed by atoms with van der Waals surface area (Å²) in [4.78, 5) is 53.3. The highest BCUT2D eigenvalue weighted by atomic mass is 16.6. The second kappa shape index (κ2) is 21.4. The lowest BCUT2D eigenvalue weighted by Crippen LogP contribution is -2.57. The second-order valence-corrected chi connectivity index (χ2v) is 11.9. The van der Waals surface area contributed by atoms with Gasteiger partial charge in [-0.15, -0.1) is 0 Å². The van der Waals surface area contributed by atoms with Crippen molar-refractivity contribution in [2.45, 2.75) is 109 Å². The van der Waals surface area contributed by atoms with Gasteiger partial charge in [-0.25, -0.2) is 9.59 Å². The number of rotatable bonds is 22. The fourth-order valence-corrected chi connectivity index (χ4v) is 5.04. The molecule has 0 heterocycles. The predicted molar refractivity (Wildman–Crippen MR) is 180 cm³/mol. The van der Waals surface area contributed by atoms with Gasteiger partial charge in [-0.05, 0) is 23.1 Å². The molecule has 0 aliphatic heterocycles. The number of carbonyl (C=O) groups is 4. The molecular weight excluding hydrogens is 612 g/mol. The second-order valence-electron chi connectivity index (χ2n) is 11.9. The Bertz CT molecular complexity index is 1380. The lowest BCUT2D eigenvalue weighted by molar-refractivity contribution is -0.204. The van der Waals surface area contributed by atoms with E-state index in [1.807, 2.05) is 6.07 Å². The number of ether oxygens (including phenoxy) is 4. The van der Waals surface area contributed by atoms with Gasteiger partial charge in [-0.3, -0.25) is 9.59 Å². The minimum absolute atomic E-state index is 0.0497. The van der Waals surface area contributed by atoms with E-state index in [1.165, 1.54) is 25.7 Å². The summed E-state index contributed by atoms with van der Waals surface area (Å²) in [7, 11) is 0. The van der Waals surface area contributed by atoms with Crippen LogP contribution in [0.1, 0.15) is 94.2 Å². The van der Waals surface area contributed by atoms with E-state index in [2.05, 4.69) is 6.92 Å². The zero-order chi connectivity index (χ0) is 34.5. The van der Waals surface area contributed by atoms with Crippen molar-refractivity contribution in [1.29, 1.82) is 0 Å². The van der Waals surface area contributed by atoms with Gasteiger partial charge in [0.15, 0.2) is 0 Å². The molecule has 0 saturated carbocycles. The highest BCUT2D eigenvalue weighted by molar-refractivity contribution is 5.94. The molecule has 2 unspecified atom stereocenters. The number of esters is 4. The van der Waals surface area contributed by atoms with E-state index in [0.29, 0.717) is 23.1 Å². The first-order valence-electron chi connectivity index (χ1n) is 16.8. The zero-order valence-corrected chi connectivity index (χ0v) is 27.9. The molecular formula is C39H48O9. The number of unbranched alkanes of at least 4 members (excludes halogenated alkanes) is 8. The highest BCUT2D eigenvalue weighted by Gasteiger charge is 2.55. The van der Waals surface area contributed by atoms with Crippen LogP contribution in [0.15, 0.2) is 91.0 Å². The normalized spacial score (nSPS) is 12.7. The van der Waals surface area contributed by atoms with Gasteiger partial charge in [0.05, 0.1) is 6.42 Å². The van der Waals surface area contributed by atoms with Crippen molar-refractivity contribution in [2.75, 3.05) is 0 Å². The number of hydrogen-bond acceptors (Lipinski definition) is 9. The number of carbonyl (C=O) groups excluding carboxylic acids is 4. The quantitative estimate of drug-likeness (QED) is 0.0678. The van der Waals surface area contributed by atoms with Crippen LogP contribution in [0.3, 0.4) is 0 Å². The van der Waals surface area contributed by atoms with Crippen molar-refractivity contribution in [1.82, 2.24) is 0 Å². The van der Waals surface area contributed by atoms with Gasteiger partial charge in [0.25, 0.3) is 0 Å². The largest absolute Gasteiger partial charge is 0.461 e. The minimum Gasteiger partial charge on any atom is -0.461 e. The summed E-state index contributed by atoms with van der Waals surface area (Å²) in [6, 6.07) is 26.3. The molecule has 0 amide bonds. The zero-order valence-electron chi connectivity index (χ0n) is 27.9. The molecule has 258 valence electrons. The Morgan fingerprint density at radius 3 is 1.52 bits per heavy atom. The predicted octanol–water partition coefficient (Wildman–Crippen LogP) is 7.17. The van der Waals surface area contributed by atoms with Crippen molar-refractivity contribution < 1.29 is 43.2 Å². The van der Waals surface area contributed by atoms with Gasteiger partial charge in [-0.2, -0.15) is 0 Å². The average molecular weight is 661 g/mol. The van der Waals surface area contributed by atoms with Crippen LogP contribution in [0.4, 0.5) is 0 Å². The van der Waals surface area contributed by atoms with Gasteiger partial charge >= 0.3 is 23.9 Å². The monoisotopic (exact) mass is 660 g/mol. The summed E-state index contributed by atoms with van der Waals surface area (Å²) in [5.74, 6) is -4.35. The SMILES string of the molecule is CCCCCCCCCCCC(=O)OC(C(=O)OCc1ccccc1)C(O)(CC(=O)OCc1ccccc1)C(=O)OCc1ccccc1. The first-order chi connectivity index (χ1) is 23.3. The first-order valence-corrected chi connectivity index (χ1v) is 16.8. The van der Waals surface area contributed by atoms with Crippen LogP contribution in [0.5, 0.6) is 0 Å². The van der Waals surface area contributed by atoms with Crippen LogP contribution in [0, 0.1) is 0 Å². The number of benzene rings is 3. The summed E-state index contributed by atoms with van der Waals surface area (Å²) in [6.07, 6.45) is 5.99. The molecule has 48 heavy (non-hydrogen) atoms. The molecule has 0 saturated heterocycles. The maximum Gasteiger partial charge on any atom is 0.351 e. The summed E-state index contributed by atoms with van der Waals surface area (Å²) in [5.41, 5.74) is -1.04. The Hall–Kier alpha value is -4.50. The van der Waals surface area contributed by atoms with Gasteiger partial charge < -0.3 is 24.1 Å². The van der Waals surface area contributed by atoms with Crippen LogP contribution < -0.4 is 0 Å². The third-order valence-corrected chi connectivity index (χ3v) is 7.83. The summed E-state index contributed by atoms with van der Waals surface area (Å²) in [5, 5.41) is 11.9. The molecule has 0 aromatic heterocycles. The van der Waals surface area contributed by atoms with Crippen molar-refractivity contribution >= 4 is 23.9 Å². The van der Waals surface area contributed by atoms with Gasteiger partial charge in [0.1, 0.15) is 19.8 Å². The van der Waals surface area contributed by atoms with Crippen molar-refractivity contribution in [3.63, 3.8) is 0 Å². The Morgan fingerprint density at radius 2 is 1.02 bits per heavy atom. The summed E-state index contributed by atoms with van der Waals surface area (Å²) < 4.78 is 21.7. The molecule has 0 spiro atoms. The summed E-state index contributed by atoms with van der Waals surface area (Å²) in [6.45, 7) is 1.55. The van der Waals surface area contributed by atoms with E-state index in [4.69, 9.17) is 18.9 Å². The average Bonchev–Trinajstić information content (AvgIpc) is 3.11. The molecule has 3 aromatic carbocycles. The lowest BCUT2D eigenvalue weighted by Gasteiger charge is -2.31. The van der Waals surface area contributed by atoms with E-state index < -0.39 is 42.0 Å². The molecule has 0 bridgehead atoms. The van der Waals surface area contributed by atoms with Crippen molar-refractivity contribution in [2.24, 2.45) is 0 Å². The third-order valence-electron chi connectivity index (χ3n) is 7.83. The van der Waals surface area contributed by atoms with Crippen LogP contribution in [0.2, 0.25) is 0 Å². The fourth-order valence-electron chi connectivity index (χ4n) is 5.04. The molecule has 3 aromatic rings. The van der Waals surface area contributed by atoms with E-state index in [-0.39, 0.29) is 26.2 Å². The molecule has 0 radical (unpaired) electrons. The Morgan fingerprint density at radius 1 is 0.583 bits per heavy atom. The van der Waals surface area contributed by atoms with E-state index in [0.717, 1.165) is 25.7 Å². The maximum absolute atomic E-state index is 13.6. The van der Waals surface area contributed by atoms with Crippen molar-refractivity contribution in [3.05, 3.63) is 108 Å². The van der Waals surface area contributed by atoms with Crippen LogP contribution in [0.25, 0.3) is 0 Å². The topological polar surface area (TPSA) is 125 Å².